The zero-order valence-electron chi connectivity index (χ0n) is 18.7. The third-order valence-corrected chi connectivity index (χ3v) is 6.65. The summed E-state index contributed by atoms with van der Waals surface area (Å²) < 4.78 is 5.48. The first-order chi connectivity index (χ1) is 15.6. The molecule has 6 nitrogen and oxygen atoms in total. The molecule has 2 aromatic heterocycles. The van der Waals surface area contributed by atoms with Crippen molar-refractivity contribution in [2.24, 2.45) is 5.92 Å². The molecule has 1 saturated heterocycles. The maximum Gasteiger partial charge on any atom is 0.226 e. The Morgan fingerprint density at radius 1 is 1.19 bits per heavy atom. The van der Waals surface area contributed by atoms with Gasteiger partial charge in [0, 0.05) is 36.8 Å². The molecule has 0 unspecified atom stereocenters. The van der Waals surface area contributed by atoms with Crippen molar-refractivity contribution in [3.8, 4) is 16.3 Å². The van der Waals surface area contributed by atoms with E-state index in [-0.39, 0.29) is 12.3 Å². The van der Waals surface area contributed by atoms with Crippen molar-refractivity contribution < 1.29 is 9.53 Å². The Labute approximate surface area is 193 Å². The molecular weight excluding hydrogens is 420 g/mol. The summed E-state index contributed by atoms with van der Waals surface area (Å²) in [7, 11) is 0. The van der Waals surface area contributed by atoms with Crippen LogP contribution in [0, 0.1) is 5.92 Å². The smallest absolute Gasteiger partial charge is 0.226 e. The highest BCUT2D eigenvalue weighted by atomic mass is 32.1. The quantitative estimate of drug-likeness (QED) is 0.539. The van der Waals surface area contributed by atoms with Gasteiger partial charge in [0.2, 0.25) is 5.91 Å². The lowest BCUT2D eigenvalue weighted by Gasteiger charge is -2.31. The number of ether oxygens (including phenoxy) is 1. The van der Waals surface area contributed by atoms with Crippen LogP contribution in [0.2, 0.25) is 0 Å². The number of amides is 1. The molecule has 7 heteroatoms. The number of hydrogen-bond acceptors (Lipinski definition) is 6. The van der Waals surface area contributed by atoms with Gasteiger partial charge < -0.3 is 15.0 Å². The van der Waals surface area contributed by atoms with E-state index in [9.17, 15) is 4.79 Å². The van der Waals surface area contributed by atoms with Gasteiger partial charge >= 0.3 is 0 Å². The van der Waals surface area contributed by atoms with Gasteiger partial charge in [-0.1, -0.05) is 13.0 Å². The van der Waals surface area contributed by atoms with Crippen molar-refractivity contribution in [1.82, 2.24) is 15.3 Å². The second kappa shape index (κ2) is 10.6. The molecule has 0 bridgehead atoms. The maximum atomic E-state index is 12.4. The Morgan fingerprint density at radius 3 is 2.66 bits per heavy atom. The fourth-order valence-corrected chi connectivity index (χ4v) is 4.58. The Bertz CT molecular complexity index is 1010. The first kappa shape index (κ1) is 22.3. The monoisotopic (exact) mass is 450 g/mol. The molecule has 1 amide bonds. The lowest BCUT2D eigenvalue weighted by atomic mass is 9.99. The van der Waals surface area contributed by atoms with Crippen molar-refractivity contribution in [1.29, 1.82) is 0 Å². The van der Waals surface area contributed by atoms with Crippen LogP contribution in [0.4, 0.5) is 5.82 Å². The van der Waals surface area contributed by atoms with Crippen molar-refractivity contribution in [2.45, 2.75) is 39.7 Å². The highest BCUT2D eigenvalue weighted by molar-refractivity contribution is 7.13. The third-order valence-electron chi connectivity index (χ3n) is 5.71. The van der Waals surface area contributed by atoms with Gasteiger partial charge in [0.1, 0.15) is 16.6 Å². The molecule has 0 atom stereocenters. The van der Waals surface area contributed by atoms with Crippen molar-refractivity contribution in [3.05, 3.63) is 59.2 Å². The predicted octanol–water partition coefficient (Wildman–Crippen LogP) is 4.70. The highest BCUT2D eigenvalue weighted by Gasteiger charge is 2.16. The van der Waals surface area contributed by atoms with Gasteiger partial charge in [0.25, 0.3) is 0 Å². The van der Waals surface area contributed by atoms with Gasteiger partial charge in [-0.05, 0) is 61.6 Å². The summed E-state index contributed by atoms with van der Waals surface area (Å²) in [6.45, 7) is 7.52. The van der Waals surface area contributed by atoms with E-state index in [0.29, 0.717) is 13.2 Å². The average Bonchev–Trinajstić information content (AvgIpc) is 3.28. The Morgan fingerprint density at radius 2 is 1.97 bits per heavy atom. The lowest BCUT2D eigenvalue weighted by Crippen LogP contribution is -2.33. The van der Waals surface area contributed by atoms with Gasteiger partial charge in [0.05, 0.1) is 18.7 Å². The van der Waals surface area contributed by atoms with E-state index in [1.807, 2.05) is 48.8 Å². The number of thiazole rings is 1. The SMILES string of the molecule is CCOc1ccc(-c2nc(CC(=O)NCc3ccc(N4CCC(C)CC4)nc3)cs2)cc1. The summed E-state index contributed by atoms with van der Waals surface area (Å²) in [5.41, 5.74) is 2.81. The second-order valence-electron chi connectivity index (χ2n) is 8.25. The molecular formula is C25H30N4O2S. The summed E-state index contributed by atoms with van der Waals surface area (Å²) in [6, 6.07) is 12.0. The van der Waals surface area contributed by atoms with Crippen LogP contribution in [0.1, 0.15) is 37.9 Å². The Hall–Kier alpha value is -2.93. The molecule has 1 aliphatic heterocycles. The minimum absolute atomic E-state index is 0.0392. The molecule has 32 heavy (non-hydrogen) atoms. The second-order valence-corrected chi connectivity index (χ2v) is 9.11. The van der Waals surface area contributed by atoms with Crippen LogP contribution in [-0.4, -0.2) is 35.6 Å². The van der Waals surface area contributed by atoms with Crippen molar-refractivity contribution >= 4 is 23.1 Å². The lowest BCUT2D eigenvalue weighted by molar-refractivity contribution is -0.120. The normalized spacial score (nSPS) is 14.4. The molecule has 0 aliphatic carbocycles. The standard InChI is InChI=1S/C25H30N4O2S/c1-3-31-22-7-5-20(6-8-22)25-28-21(17-32-25)14-24(30)27-16-19-4-9-23(26-15-19)29-12-10-18(2)11-13-29/h4-9,15,17-18H,3,10-14,16H2,1-2H3,(H,27,30). The number of anilines is 1. The van der Waals surface area contributed by atoms with E-state index in [1.54, 1.807) is 11.3 Å². The number of carbonyl (C=O) groups excluding carboxylic acids is 1. The fourth-order valence-electron chi connectivity index (χ4n) is 3.75. The summed E-state index contributed by atoms with van der Waals surface area (Å²) in [5, 5.41) is 5.83. The molecule has 4 rings (SSSR count). The molecule has 0 saturated carbocycles. The summed E-state index contributed by atoms with van der Waals surface area (Å²) in [4.78, 5) is 24.0. The molecule has 1 aliphatic rings. The Kier molecular flexibility index (Phi) is 7.37. The van der Waals surface area contributed by atoms with Crippen LogP contribution in [0.3, 0.4) is 0 Å². The number of nitrogens with zero attached hydrogens (tertiary/aromatic N) is 3. The summed E-state index contributed by atoms with van der Waals surface area (Å²) >= 11 is 1.55. The van der Waals surface area contributed by atoms with Crippen LogP contribution >= 0.6 is 11.3 Å². The maximum absolute atomic E-state index is 12.4. The van der Waals surface area contributed by atoms with E-state index in [0.717, 1.165) is 52.4 Å². The molecule has 0 radical (unpaired) electrons. The number of piperidine rings is 1. The van der Waals surface area contributed by atoms with E-state index in [4.69, 9.17) is 4.74 Å². The number of aromatic nitrogens is 2. The largest absolute Gasteiger partial charge is 0.494 e. The van der Waals surface area contributed by atoms with Crippen molar-refractivity contribution in [2.75, 3.05) is 24.6 Å². The van der Waals surface area contributed by atoms with E-state index in [2.05, 4.69) is 33.2 Å². The summed E-state index contributed by atoms with van der Waals surface area (Å²) in [5.74, 6) is 2.63. The van der Waals surface area contributed by atoms with Gasteiger partial charge in [-0.3, -0.25) is 4.79 Å². The number of hydrogen-bond donors (Lipinski definition) is 1. The fraction of sp³-hybridized carbons (Fsp3) is 0.400. The van der Waals surface area contributed by atoms with Gasteiger partial charge in [0.15, 0.2) is 0 Å². The van der Waals surface area contributed by atoms with Crippen LogP contribution in [0.25, 0.3) is 10.6 Å². The van der Waals surface area contributed by atoms with E-state index < -0.39 is 0 Å². The molecule has 0 spiro atoms. The zero-order valence-corrected chi connectivity index (χ0v) is 19.5. The number of benzene rings is 1. The average molecular weight is 451 g/mol. The van der Waals surface area contributed by atoms with Gasteiger partial charge in [-0.2, -0.15) is 0 Å². The van der Waals surface area contributed by atoms with Crippen LogP contribution in [0.15, 0.2) is 48.0 Å². The van der Waals surface area contributed by atoms with Crippen LogP contribution in [-0.2, 0) is 17.8 Å². The summed E-state index contributed by atoms with van der Waals surface area (Å²) in [6.07, 6.45) is 4.57. The topological polar surface area (TPSA) is 67.3 Å². The minimum atomic E-state index is -0.0392. The van der Waals surface area contributed by atoms with E-state index in [1.165, 1.54) is 12.8 Å². The molecule has 1 aromatic carbocycles. The van der Waals surface area contributed by atoms with Gasteiger partial charge in [-0.15, -0.1) is 11.3 Å². The molecule has 168 valence electrons. The van der Waals surface area contributed by atoms with E-state index >= 15 is 0 Å². The highest BCUT2D eigenvalue weighted by Crippen LogP contribution is 2.26. The van der Waals surface area contributed by atoms with Crippen LogP contribution < -0.4 is 15.0 Å². The number of nitrogens with one attached hydrogen (secondary N) is 1. The number of carbonyl (C=O) groups is 1. The third kappa shape index (κ3) is 5.85. The minimum Gasteiger partial charge on any atom is -0.494 e. The molecule has 3 heterocycles. The first-order valence-electron chi connectivity index (χ1n) is 11.2. The molecule has 3 aromatic rings. The molecule has 1 fully saturated rings. The van der Waals surface area contributed by atoms with Crippen LogP contribution in [0.5, 0.6) is 5.75 Å². The van der Waals surface area contributed by atoms with Gasteiger partial charge in [-0.25, -0.2) is 9.97 Å². The molecule has 1 N–H and O–H groups in total. The predicted molar refractivity (Wildman–Crippen MR) is 129 cm³/mol. The number of rotatable bonds is 8. The number of pyridine rings is 1. The Balaban J connectivity index is 1.26. The van der Waals surface area contributed by atoms with Crippen molar-refractivity contribution in [3.63, 3.8) is 0 Å². The zero-order chi connectivity index (χ0) is 22.3. The first-order valence-corrected chi connectivity index (χ1v) is 12.1.